The summed E-state index contributed by atoms with van der Waals surface area (Å²) < 4.78 is 0.786. The molecule has 1 saturated heterocycles. The van der Waals surface area contributed by atoms with Crippen molar-refractivity contribution in [1.82, 2.24) is 9.88 Å². The summed E-state index contributed by atoms with van der Waals surface area (Å²) in [7, 11) is 0. The molecule has 2 heterocycles. The molecule has 0 spiro atoms. The van der Waals surface area contributed by atoms with Crippen LogP contribution in [0.5, 0.6) is 0 Å². The van der Waals surface area contributed by atoms with E-state index in [9.17, 15) is 9.90 Å². The van der Waals surface area contributed by atoms with Crippen LogP contribution in [0.3, 0.4) is 0 Å². The van der Waals surface area contributed by atoms with Gasteiger partial charge in [-0.2, -0.15) is 0 Å². The van der Waals surface area contributed by atoms with Crippen molar-refractivity contribution in [3.05, 3.63) is 22.3 Å². The number of amides is 1. The highest BCUT2D eigenvalue weighted by Gasteiger charge is 2.30. The summed E-state index contributed by atoms with van der Waals surface area (Å²) in [6, 6.07) is 1.79. The molecule has 20 heavy (non-hydrogen) atoms. The number of anilines is 1. The Bertz CT molecular complexity index is 493. The van der Waals surface area contributed by atoms with Crippen LogP contribution in [-0.4, -0.2) is 46.6 Å². The molecule has 2 rings (SSSR count). The highest BCUT2D eigenvalue weighted by molar-refractivity contribution is 9.10. The summed E-state index contributed by atoms with van der Waals surface area (Å²) in [5.41, 5.74) is 0.576. The lowest BCUT2D eigenvalue weighted by Gasteiger charge is -2.19. The minimum Gasteiger partial charge on any atom is -0.393 e. The number of halogens is 1. The van der Waals surface area contributed by atoms with Gasteiger partial charge in [0.05, 0.1) is 11.7 Å². The van der Waals surface area contributed by atoms with Gasteiger partial charge in [0.25, 0.3) is 5.91 Å². The van der Waals surface area contributed by atoms with Gasteiger partial charge in [0.2, 0.25) is 0 Å². The van der Waals surface area contributed by atoms with Gasteiger partial charge in [0.1, 0.15) is 5.82 Å². The molecule has 1 aromatic rings. The Labute approximate surface area is 127 Å². The number of hydrogen-bond donors (Lipinski definition) is 2. The standard InChI is InChI=1S/C14H20BrN3O2/c1-3-16-13-12(6-11(15)7-17-13)14(20)18-5-4-10(8-18)9(2)19/h6-7,9-10,19H,3-5,8H2,1-2H3,(H,16,17). The van der Waals surface area contributed by atoms with Crippen LogP contribution >= 0.6 is 15.9 Å². The first-order valence-electron chi connectivity index (χ1n) is 6.89. The van der Waals surface area contributed by atoms with Crippen molar-refractivity contribution in [3.8, 4) is 0 Å². The second-order valence-electron chi connectivity index (χ2n) is 5.12. The number of rotatable bonds is 4. The lowest BCUT2D eigenvalue weighted by Crippen LogP contribution is -2.31. The zero-order valence-electron chi connectivity index (χ0n) is 11.8. The van der Waals surface area contributed by atoms with Crippen molar-refractivity contribution in [2.45, 2.75) is 26.4 Å². The number of aliphatic hydroxyl groups is 1. The van der Waals surface area contributed by atoms with E-state index in [0.717, 1.165) is 10.9 Å². The van der Waals surface area contributed by atoms with Crippen molar-refractivity contribution in [3.63, 3.8) is 0 Å². The molecule has 0 radical (unpaired) electrons. The van der Waals surface area contributed by atoms with Gasteiger partial charge in [-0.05, 0) is 42.3 Å². The summed E-state index contributed by atoms with van der Waals surface area (Å²) in [6.45, 7) is 5.76. The predicted octanol–water partition coefficient (Wildman–Crippen LogP) is 2.12. The zero-order valence-corrected chi connectivity index (χ0v) is 13.4. The van der Waals surface area contributed by atoms with E-state index in [1.807, 2.05) is 6.92 Å². The largest absolute Gasteiger partial charge is 0.393 e. The summed E-state index contributed by atoms with van der Waals surface area (Å²) in [6.07, 6.45) is 2.15. The van der Waals surface area contributed by atoms with Gasteiger partial charge in [-0.1, -0.05) is 0 Å². The Morgan fingerprint density at radius 3 is 3.05 bits per heavy atom. The van der Waals surface area contributed by atoms with Crippen LogP contribution in [0.4, 0.5) is 5.82 Å². The van der Waals surface area contributed by atoms with Crippen molar-refractivity contribution >= 4 is 27.7 Å². The van der Waals surface area contributed by atoms with E-state index in [4.69, 9.17) is 0 Å². The first-order valence-corrected chi connectivity index (χ1v) is 7.69. The van der Waals surface area contributed by atoms with Crippen molar-refractivity contribution in [1.29, 1.82) is 0 Å². The number of aliphatic hydroxyl groups excluding tert-OH is 1. The van der Waals surface area contributed by atoms with Crippen molar-refractivity contribution in [2.24, 2.45) is 5.92 Å². The molecule has 0 aliphatic carbocycles. The number of carbonyl (C=O) groups excluding carboxylic acids is 1. The highest BCUT2D eigenvalue weighted by Crippen LogP contribution is 2.25. The lowest BCUT2D eigenvalue weighted by molar-refractivity contribution is 0.0763. The average Bonchev–Trinajstić information content (AvgIpc) is 2.90. The van der Waals surface area contributed by atoms with Gasteiger partial charge in [0.15, 0.2) is 0 Å². The maximum atomic E-state index is 12.6. The molecular formula is C14H20BrN3O2. The number of carbonyl (C=O) groups is 1. The van der Waals surface area contributed by atoms with Crippen LogP contribution in [0, 0.1) is 5.92 Å². The fourth-order valence-corrected chi connectivity index (χ4v) is 2.78. The Hall–Kier alpha value is -1.14. The predicted molar refractivity (Wildman–Crippen MR) is 81.8 cm³/mol. The van der Waals surface area contributed by atoms with Gasteiger partial charge in [0, 0.05) is 36.2 Å². The second kappa shape index (κ2) is 6.54. The van der Waals surface area contributed by atoms with Crippen LogP contribution in [-0.2, 0) is 0 Å². The molecule has 5 nitrogen and oxygen atoms in total. The quantitative estimate of drug-likeness (QED) is 0.880. The van der Waals surface area contributed by atoms with Crippen LogP contribution in [0.1, 0.15) is 30.6 Å². The van der Waals surface area contributed by atoms with E-state index < -0.39 is 0 Å². The van der Waals surface area contributed by atoms with Gasteiger partial charge in [-0.15, -0.1) is 0 Å². The first kappa shape index (κ1) is 15.3. The number of nitrogens with zero attached hydrogens (tertiary/aromatic N) is 2. The van der Waals surface area contributed by atoms with Gasteiger partial charge in [-0.25, -0.2) is 4.98 Å². The van der Waals surface area contributed by atoms with Crippen molar-refractivity contribution < 1.29 is 9.90 Å². The van der Waals surface area contributed by atoms with E-state index in [2.05, 4.69) is 26.2 Å². The number of hydrogen-bond acceptors (Lipinski definition) is 4. The normalized spacial score (nSPS) is 20.0. The van der Waals surface area contributed by atoms with Crippen LogP contribution in [0.2, 0.25) is 0 Å². The maximum Gasteiger partial charge on any atom is 0.257 e. The van der Waals surface area contributed by atoms with Crippen LogP contribution < -0.4 is 5.32 Å². The monoisotopic (exact) mass is 341 g/mol. The molecule has 1 aromatic heterocycles. The lowest BCUT2D eigenvalue weighted by atomic mass is 10.0. The summed E-state index contributed by atoms with van der Waals surface area (Å²) >= 11 is 3.36. The fourth-order valence-electron chi connectivity index (χ4n) is 2.45. The first-order chi connectivity index (χ1) is 9.52. The number of aromatic nitrogens is 1. The third-order valence-corrected chi connectivity index (χ3v) is 4.06. The molecular weight excluding hydrogens is 322 g/mol. The Morgan fingerprint density at radius 1 is 1.70 bits per heavy atom. The number of nitrogens with one attached hydrogen (secondary N) is 1. The summed E-state index contributed by atoms with van der Waals surface area (Å²) in [5.74, 6) is 0.751. The number of pyridine rings is 1. The SMILES string of the molecule is CCNc1ncc(Br)cc1C(=O)N1CCC(C(C)O)C1. The van der Waals surface area contributed by atoms with E-state index in [0.29, 0.717) is 31.0 Å². The molecule has 1 aliphatic rings. The minimum absolute atomic E-state index is 0.0297. The molecule has 0 bridgehead atoms. The van der Waals surface area contributed by atoms with E-state index >= 15 is 0 Å². The Kier molecular flexibility index (Phi) is 4.99. The van der Waals surface area contributed by atoms with E-state index in [1.165, 1.54) is 0 Å². The summed E-state index contributed by atoms with van der Waals surface area (Å²) in [4.78, 5) is 18.7. The van der Waals surface area contributed by atoms with Gasteiger partial charge >= 0.3 is 0 Å². The Morgan fingerprint density at radius 2 is 2.45 bits per heavy atom. The molecule has 1 aliphatic heterocycles. The van der Waals surface area contributed by atoms with E-state index in [-0.39, 0.29) is 17.9 Å². The molecule has 1 amide bonds. The smallest absolute Gasteiger partial charge is 0.257 e. The number of likely N-dealkylation sites (tertiary alicyclic amines) is 1. The zero-order chi connectivity index (χ0) is 14.7. The molecule has 6 heteroatoms. The third kappa shape index (κ3) is 3.30. The molecule has 1 fully saturated rings. The van der Waals surface area contributed by atoms with Gasteiger partial charge < -0.3 is 15.3 Å². The van der Waals surface area contributed by atoms with Crippen molar-refractivity contribution in [2.75, 3.05) is 25.0 Å². The minimum atomic E-state index is -0.373. The highest BCUT2D eigenvalue weighted by atomic mass is 79.9. The van der Waals surface area contributed by atoms with Gasteiger partial charge in [-0.3, -0.25) is 4.79 Å². The van der Waals surface area contributed by atoms with Crippen LogP contribution in [0.25, 0.3) is 0 Å². The maximum absolute atomic E-state index is 12.6. The molecule has 0 saturated carbocycles. The molecule has 110 valence electrons. The molecule has 2 N–H and O–H groups in total. The van der Waals surface area contributed by atoms with Crippen LogP contribution in [0.15, 0.2) is 16.7 Å². The Balaban J connectivity index is 2.19. The second-order valence-corrected chi connectivity index (χ2v) is 6.04. The topological polar surface area (TPSA) is 65.5 Å². The molecule has 0 aromatic carbocycles. The summed E-state index contributed by atoms with van der Waals surface area (Å²) in [5, 5.41) is 12.7. The molecule has 2 unspecified atom stereocenters. The third-order valence-electron chi connectivity index (χ3n) is 3.62. The fraction of sp³-hybridized carbons (Fsp3) is 0.571. The average molecular weight is 342 g/mol. The van der Waals surface area contributed by atoms with E-state index in [1.54, 1.807) is 24.1 Å². The molecule has 2 atom stereocenters.